The molecule has 6 rings (SSSR count). The number of amides is 3. The SMILES string of the molecule is C=C1C[C@@H]2CN(C(=O)OCc3ccccc3)C[C@]2(NC(=O)OC(C)(C)C)C1.C=C1C[C@@H]2CN([C@H](C)c3ccccc3)C[C@]2(NC(=O)OC(C)(C)C)C1. The van der Waals surface area contributed by atoms with Crippen LogP contribution in [-0.4, -0.2) is 76.5 Å². The maximum Gasteiger partial charge on any atom is 0.410 e. The molecule has 0 radical (unpaired) electrons. The van der Waals surface area contributed by atoms with Crippen molar-refractivity contribution in [3.05, 3.63) is 96.1 Å². The predicted molar refractivity (Wildman–Crippen MR) is 203 cm³/mol. The van der Waals surface area contributed by atoms with E-state index in [1.165, 1.54) is 11.1 Å². The molecule has 52 heavy (non-hydrogen) atoms. The molecule has 10 heteroatoms. The fourth-order valence-electron chi connectivity index (χ4n) is 8.22. The third kappa shape index (κ3) is 9.76. The summed E-state index contributed by atoms with van der Waals surface area (Å²) in [5, 5.41) is 6.24. The molecule has 0 aromatic heterocycles. The van der Waals surface area contributed by atoms with Crippen molar-refractivity contribution in [3.63, 3.8) is 0 Å². The highest BCUT2D eigenvalue weighted by atomic mass is 16.6. The van der Waals surface area contributed by atoms with Crippen LogP contribution in [-0.2, 0) is 20.8 Å². The molecule has 0 spiro atoms. The first-order chi connectivity index (χ1) is 24.4. The Balaban J connectivity index is 0.000000202. The van der Waals surface area contributed by atoms with E-state index in [1.54, 1.807) is 4.90 Å². The molecule has 2 heterocycles. The smallest absolute Gasteiger partial charge is 0.410 e. The fourth-order valence-corrected chi connectivity index (χ4v) is 8.22. The molecule has 2 saturated heterocycles. The zero-order valence-electron chi connectivity index (χ0n) is 32.1. The van der Waals surface area contributed by atoms with Gasteiger partial charge in [0.05, 0.1) is 11.1 Å². The third-order valence-corrected chi connectivity index (χ3v) is 10.4. The number of hydrogen-bond donors (Lipinski definition) is 2. The molecule has 10 nitrogen and oxygen atoms in total. The summed E-state index contributed by atoms with van der Waals surface area (Å²) < 4.78 is 16.4. The Hall–Kier alpha value is -4.31. The molecule has 2 aromatic carbocycles. The Labute approximate surface area is 309 Å². The fraction of sp³-hybridized carbons (Fsp3) is 0.548. The number of likely N-dealkylation sites (tertiary alicyclic amines) is 2. The predicted octanol–water partition coefficient (Wildman–Crippen LogP) is 8.16. The number of carbonyl (C=O) groups is 3. The van der Waals surface area contributed by atoms with E-state index in [0.29, 0.717) is 31.5 Å². The number of ether oxygens (including phenoxy) is 3. The van der Waals surface area contributed by atoms with Gasteiger partial charge in [-0.15, -0.1) is 0 Å². The van der Waals surface area contributed by atoms with Crippen LogP contribution < -0.4 is 10.6 Å². The zero-order chi connectivity index (χ0) is 37.9. The highest BCUT2D eigenvalue weighted by Gasteiger charge is 2.54. The Morgan fingerprint density at radius 1 is 0.769 bits per heavy atom. The number of fused-ring (bicyclic) bond motifs is 2. The van der Waals surface area contributed by atoms with Gasteiger partial charge in [0.1, 0.15) is 17.8 Å². The third-order valence-electron chi connectivity index (χ3n) is 10.4. The van der Waals surface area contributed by atoms with Crippen molar-refractivity contribution >= 4 is 18.3 Å². The monoisotopic (exact) mass is 714 g/mol. The number of benzene rings is 2. The van der Waals surface area contributed by atoms with Crippen LogP contribution >= 0.6 is 0 Å². The summed E-state index contributed by atoms with van der Waals surface area (Å²) in [7, 11) is 0. The van der Waals surface area contributed by atoms with Crippen LogP contribution in [0.2, 0.25) is 0 Å². The van der Waals surface area contributed by atoms with E-state index in [9.17, 15) is 14.4 Å². The van der Waals surface area contributed by atoms with E-state index in [0.717, 1.165) is 43.5 Å². The van der Waals surface area contributed by atoms with E-state index in [-0.39, 0.29) is 30.3 Å². The first-order valence-electron chi connectivity index (χ1n) is 18.5. The lowest BCUT2D eigenvalue weighted by atomic mass is 9.91. The zero-order valence-corrected chi connectivity index (χ0v) is 32.1. The average molecular weight is 715 g/mol. The van der Waals surface area contributed by atoms with Gasteiger partial charge in [-0.3, -0.25) is 4.90 Å². The summed E-state index contributed by atoms with van der Waals surface area (Å²) in [6.07, 6.45) is 2.13. The molecule has 2 aliphatic carbocycles. The minimum atomic E-state index is -0.571. The van der Waals surface area contributed by atoms with Gasteiger partial charge in [-0.2, -0.15) is 0 Å². The second kappa shape index (κ2) is 15.3. The Morgan fingerprint density at radius 2 is 1.25 bits per heavy atom. The number of carbonyl (C=O) groups excluding carboxylic acids is 3. The van der Waals surface area contributed by atoms with E-state index in [4.69, 9.17) is 14.2 Å². The Bertz CT molecular complexity index is 1620. The normalized spacial score (nSPS) is 26.1. The van der Waals surface area contributed by atoms with E-state index in [1.807, 2.05) is 77.9 Å². The second-order valence-electron chi connectivity index (χ2n) is 17.2. The molecule has 282 valence electrons. The number of nitrogens with zero attached hydrogens (tertiary/aromatic N) is 2. The standard InChI is InChI=1S/C21H28N2O4.C21H30N2O2/c1-15-10-17-12-23(19(25)26-13-16-8-6-5-7-9-16)14-21(17,11-15)22-18(24)27-20(2,3)4;1-15-11-18-13-23(16(2)17-9-7-6-8-10-17)14-21(18,12-15)22-19(24)25-20(3,4)5/h5-9,17H,1,10-14H2,2-4H3,(H,22,24);6-10,16,18H,1,11-14H2,2-5H3,(H,22,24)/t17-,21-;16-,18-,21-/m11/s1. The van der Waals surface area contributed by atoms with Crippen molar-refractivity contribution in [2.45, 2.75) is 109 Å². The van der Waals surface area contributed by atoms with Gasteiger partial charge in [0.2, 0.25) is 0 Å². The summed E-state index contributed by atoms with van der Waals surface area (Å²) in [5.41, 5.74) is 2.75. The molecular formula is C42H58N4O6. The summed E-state index contributed by atoms with van der Waals surface area (Å²) >= 11 is 0. The van der Waals surface area contributed by atoms with Crippen LogP contribution in [0, 0.1) is 11.8 Å². The summed E-state index contributed by atoms with van der Waals surface area (Å²) in [5.74, 6) is 0.528. The highest BCUT2D eigenvalue weighted by Crippen LogP contribution is 2.47. The lowest BCUT2D eigenvalue weighted by molar-refractivity contribution is 0.0432. The quantitative estimate of drug-likeness (QED) is 0.230. The molecule has 5 atom stereocenters. The first-order valence-corrected chi connectivity index (χ1v) is 18.5. The molecule has 0 unspecified atom stereocenters. The highest BCUT2D eigenvalue weighted by molar-refractivity contribution is 5.72. The van der Waals surface area contributed by atoms with Gasteiger partial charge in [-0.1, -0.05) is 85.0 Å². The summed E-state index contributed by atoms with van der Waals surface area (Å²) in [6.45, 7) is 24.7. The molecule has 2 aromatic rings. The van der Waals surface area contributed by atoms with Gasteiger partial charge >= 0.3 is 18.3 Å². The lowest BCUT2D eigenvalue weighted by Gasteiger charge is -2.32. The van der Waals surface area contributed by atoms with Crippen LogP contribution in [0.5, 0.6) is 0 Å². The molecule has 0 bridgehead atoms. The number of hydrogen-bond acceptors (Lipinski definition) is 7. The molecule has 2 aliphatic heterocycles. The summed E-state index contributed by atoms with van der Waals surface area (Å²) in [4.78, 5) is 41.5. The molecule has 2 N–H and O–H groups in total. The Morgan fingerprint density at radius 3 is 1.77 bits per heavy atom. The van der Waals surface area contributed by atoms with Crippen molar-refractivity contribution in [2.75, 3.05) is 26.2 Å². The van der Waals surface area contributed by atoms with Crippen LogP contribution in [0.3, 0.4) is 0 Å². The minimum absolute atomic E-state index is 0.127. The molecule has 4 fully saturated rings. The van der Waals surface area contributed by atoms with Gasteiger partial charge in [0.25, 0.3) is 0 Å². The first kappa shape index (κ1) is 38.9. The van der Waals surface area contributed by atoms with Crippen molar-refractivity contribution in [2.24, 2.45) is 11.8 Å². The molecular weight excluding hydrogens is 656 g/mol. The average Bonchev–Trinajstić information content (AvgIpc) is 3.73. The summed E-state index contributed by atoms with van der Waals surface area (Å²) in [6, 6.07) is 20.5. The lowest BCUT2D eigenvalue weighted by Crippen LogP contribution is -2.53. The van der Waals surface area contributed by atoms with Crippen LogP contribution in [0.15, 0.2) is 85.0 Å². The van der Waals surface area contributed by atoms with Crippen molar-refractivity contribution in [3.8, 4) is 0 Å². The van der Waals surface area contributed by atoms with Gasteiger partial charge < -0.3 is 29.7 Å². The van der Waals surface area contributed by atoms with Gasteiger partial charge in [0.15, 0.2) is 0 Å². The second-order valence-corrected chi connectivity index (χ2v) is 17.2. The van der Waals surface area contributed by atoms with Crippen molar-refractivity contribution in [1.29, 1.82) is 0 Å². The molecule has 3 amide bonds. The molecule has 2 saturated carbocycles. The van der Waals surface area contributed by atoms with Crippen LogP contribution in [0.4, 0.5) is 14.4 Å². The molecule has 4 aliphatic rings. The van der Waals surface area contributed by atoms with Gasteiger partial charge in [0, 0.05) is 44.1 Å². The van der Waals surface area contributed by atoms with Crippen LogP contribution in [0.1, 0.15) is 91.3 Å². The Kier molecular flexibility index (Phi) is 11.5. The number of nitrogens with one attached hydrogen (secondary N) is 2. The largest absolute Gasteiger partial charge is 0.445 e. The van der Waals surface area contributed by atoms with E-state index < -0.39 is 22.8 Å². The number of rotatable bonds is 6. The van der Waals surface area contributed by atoms with Crippen LogP contribution in [0.25, 0.3) is 0 Å². The topological polar surface area (TPSA) is 109 Å². The van der Waals surface area contributed by atoms with E-state index >= 15 is 0 Å². The minimum Gasteiger partial charge on any atom is -0.445 e. The van der Waals surface area contributed by atoms with Gasteiger partial charge in [-0.05, 0) is 85.3 Å². The van der Waals surface area contributed by atoms with E-state index in [2.05, 4.69) is 59.9 Å². The maximum absolute atomic E-state index is 12.5. The number of alkyl carbamates (subject to hydrolysis) is 2. The van der Waals surface area contributed by atoms with Crippen molar-refractivity contribution in [1.82, 2.24) is 20.4 Å². The van der Waals surface area contributed by atoms with Crippen molar-refractivity contribution < 1.29 is 28.6 Å². The van der Waals surface area contributed by atoms with Gasteiger partial charge in [-0.25, -0.2) is 14.4 Å². The maximum atomic E-state index is 12.5.